The highest BCUT2D eigenvalue weighted by Gasteiger charge is 2.58. The van der Waals surface area contributed by atoms with Gasteiger partial charge in [0.25, 0.3) is 0 Å². The second-order valence-electron chi connectivity index (χ2n) is 10.2. The van der Waals surface area contributed by atoms with E-state index in [2.05, 4.69) is 35.9 Å². The van der Waals surface area contributed by atoms with Gasteiger partial charge in [-0.15, -0.1) is 0 Å². The molecule has 0 aromatic carbocycles. The van der Waals surface area contributed by atoms with Crippen LogP contribution in [0.3, 0.4) is 0 Å². The predicted octanol–water partition coefficient (Wildman–Crippen LogP) is 5.28. The molecule has 3 fully saturated rings. The van der Waals surface area contributed by atoms with Gasteiger partial charge in [-0.05, 0) is 86.9 Å². The highest BCUT2D eigenvalue weighted by atomic mass is 79.9. The van der Waals surface area contributed by atoms with E-state index in [0.29, 0.717) is 28.9 Å². The van der Waals surface area contributed by atoms with Crippen LogP contribution in [0.1, 0.15) is 72.1 Å². The smallest absolute Gasteiger partial charge is 0.147 e. The van der Waals surface area contributed by atoms with E-state index < -0.39 is 5.60 Å². The van der Waals surface area contributed by atoms with Crippen molar-refractivity contribution in [2.24, 2.45) is 34.5 Å². The average molecular weight is 409 g/mol. The number of rotatable bonds is 2. The van der Waals surface area contributed by atoms with Gasteiger partial charge < -0.3 is 5.11 Å². The van der Waals surface area contributed by atoms with Crippen LogP contribution in [0.15, 0.2) is 11.6 Å². The molecule has 4 aliphatic rings. The summed E-state index contributed by atoms with van der Waals surface area (Å²) in [6.07, 6.45) is 11.4. The Morgan fingerprint density at radius 1 is 1.20 bits per heavy atom. The number of ketones is 1. The fourth-order valence-electron chi connectivity index (χ4n) is 7.32. The number of carbonyl (C=O) groups excluding carboxylic acids is 1. The topological polar surface area (TPSA) is 37.3 Å². The molecule has 7 atom stereocenters. The molecule has 0 radical (unpaired) electrons. The number of hydrogen-bond donors (Lipinski definition) is 1. The van der Waals surface area contributed by atoms with Crippen LogP contribution < -0.4 is 0 Å². The number of hydrogen-bond acceptors (Lipinski definition) is 2. The van der Waals surface area contributed by atoms with E-state index in [-0.39, 0.29) is 16.7 Å². The molecule has 0 aliphatic heterocycles. The number of carbonyl (C=O) groups is 1. The fourth-order valence-corrected chi connectivity index (χ4v) is 7.72. The summed E-state index contributed by atoms with van der Waals surface area (Å²) in [4.78, 5) is 12.5. The predicted molar refractivity (Wildman–Crippen MR) is 105 cm³/mol. The Balaban J connectivity index is 1.66. The van der Waals surface area contributed by atoms with Gasteiger partial charge in [-0.25, -0.2) is 0 Å². The van der Waals surface area contributed by atoms with Crippen molar-refractivity contribution in [1.29, 1.82) is 0 Å². The molecular formula is C22H33BrO2. The molecule has 4 rings (SSSR count). The molecule has 0 spiro atoms. The number of alkyl halides is 1. The third kappa shape index (κ3) is 2.63. The van der Waals surface area contributed by atoms with Gasteiger partial charge in [0, 0.05) is 5.92 Å². The lowest BCUT2D eigenvalue weighted by molar-refractivity contribution is -0.124. The lowest BCUT2D eigenvalue weighted by Crippen LogP contribution is -2.51. The Labute approximate surface area is 161 Å². The summed E-state index contributed by atoms with van der Waals surface area (Å²) in [6.45, 7) is 6.89. The largest absolute Gasteiger partial charge is 0.390 e. The molecule has 0 amide bonds. The zero-order chi connectivity index (χ0) is 18.0. The Kier molecular flexibility index (Phi) is 4.32. The van der Waals surface area contributed by atoms with Gasteiger partial charge in [-0.2, -0.15) is 0 Å². The normalized spacial score (nSPS) is 52.0. The first-order valence-corrected chi connectivity index (χ1v) is 11.3. The first kappa shape index (κ1) is 18.2. The maximum atomic E-state index is 12.5. The van der Waals surface area contributed by atoms with E-state index in [9.17, 15) is 9.90 Å². The number of fused-ring (bicyclic) bond motifs is 5. The van der Waals surface area contributed by atoms with Gasteiger partial charge in [0.1, 0.15) is 5.78 Å². The quantitative estimate of drug-likeness (QED) is 0.498. The molecule has 0 aromatic rings. The molecule has 0 aromatic heterocycles. The van der Waals surface area contributed by atoms with Gasteiger partial charge in [-0.3, -0.25) is 4.79 Å². The third-order valence-corrected chi connectivity index (χ3v) is 9.39. The fraction of sp³-hybridized carbons (Fsp3) is 0.864. The Morgan fingerprint density at radius 2 is 1.96 bits per heavy atom. The van der Waals surface area contributed by atoms with Gasteiger partial charge >= 0.3 is 0 Å². The first-order chi connectivity index (χ1) is 11.7. The Morgan fingerprint density at radius 3 is 2.68 bits per heavy atom. The van der Waals surface area contributed by atoms with Crippen LogP contribution in [-0.4, -0.2) is 21.8 Å². The molecule has 25 heavy (non-hydrogen) atoms. The van der Waals surface area contributed by atoms with Gasteiger partial charge in [0.05, 0.1) is 10.9 Å². The molecule has 2 nitrogen and oxygen atoms in total. The van der Waals surface area contributed by atoms with E-state index >= 15 is 0 Å². The average Bonchev–Trinajstić information content (AvgIpc) is 2.92. The number of aliphatic hydroxyl groups is 1. The summed E-state index contributed by atoms with van der Waals surface area (Å²) in [5.74, 6) is 2.64. The number of halogens is 1. The molecule has 0 bridgehead atoms. The summed E-state index contributed by atoms with van der Waals surface area (Å²) in [5, 5.41) is 11.1. The molecule has 3 heteroatoms. The van der Waals surface area contributed by atoms with Crippen LogP contribution in [0.4, 0.5) is 0 Å². The summed E-state index contributed by atoms with van der Waals surface area (Å²) in [6, 6.07) is 0. The van der Waals surface area contributed by atoms with Crippen molar-refractivity contribution in [3.63, 3.8) is 0 Å². The van der Waals surface area contributed by atoms with Crippen molar-refractivity contribution >= 4 is 21.7 Å². The summed E-state index contributed by atoms with van der Waals surface area (Å²) in [5.41, 5.74) is 1.68. The second kappa shape index (κ2) is 5.92. The standard InChI is InChI=1S/C22H33BrO2/c1-20(25)10-11-21(2)14(12-20)4-5-15-16-6-7-18(19(24)13-23)22(16,3)9-8-17(15)21/h8,14-16,18,25H,4-7,9-13H2,1-3H3/t14-,15+,16+,18-,20-,21+,22+/m1/s1. The molecular weight excluding hydrogens is 376 g/mol. The van der Waals surface area contributed by atoms with Crippen LogP contribution in [-0.2, 0) is 4.79 Å². The molecule has 3 saturated carbocycles. The number of Topliss-reactive ketones (excluding diaryl/α,β-unsaturated/α-hetero) is 1. The lowest BCUT2D eigenvalue weighted by Gasteiger charge is -2.58. The maximum absolute atomic E-state index is 12.5. The molecule has 0 saturated heterocycles. The van der Waals surface area contributed by atoms with E-state index in [1.165, 1.54) is 19.3 Å². The highest BCUT2D eigenvalue weighted by Crippen LogP contribution is 2.66. The van der Waals surface area contributed by atoms with Crippen LogP contribution in [0.25, 0.3) is 0 Å². The van der Waals surface area contributed by atoms with Gasteiger partial charge in [0.2, 0.25) is 0 Å². The van der Waals surface area contributed by atoms with Gasteiger partial charge in [-0.1, -0.05) is 41.4 Å². The maximum Gasteiger partial charge on any atom is 0.147 e. The van der Waals surface area contributed by atoms with Crippen molar-refractivity contribution < 1.29 is 9.90 Å². The van der Waals surface area contributed by atoms with Crippen LogP contribution in [0.5, 0.6) is 0 Å². The van der Waals surface area contributed by atoms with Crippen molar-refractivity contribution in [1.82, 2.24) is 0 Å². The minimum atomic E-state index is -0.471. The summed E-state index contributed by atoms with van der Waals surface area (Å²) >= 11 is 3.41. The van der Waals surface area contributed by atoms with E-state index in [4.69, 9.17) is 0 Å². The van der Waals surface area contributed by atoms with Crippen molar-refractivity contribution in [2.45, 2.75) is 77.7 Å². The van der Waals surface area contributed by atoms with E-state index in [0.717, 1.165) is 32.1 Å². The lowest BCUT2D eigenvalue weighted by atomic mass is 9.47. The van der Waals surface area contributed by atoms with E-state index in [1.807, 2.05) is 6.92 Å². The Hall–Kier alpha value is -0.150. The number of allylic oxidation sites excluding steroid dienone is 2. The van der Waals surface area contributed by atoms with Crippen LogP contribution in [0, 0.1) is 34.5 Å². The third-order valence-electron chi connectivity index (χ3n) is 8.83. The second-order valence-corrected chi connectivity index (χ2v) is 10.8. The zero-order valence-corrected chi connectivity index (χ0v) is 17.6. The highest BCUT2D eigenvalue weighted by molar-refractivity contribution is 9.09. The molecule has 140 valence electrons. The van der Waals surface area contributed by atoms with Crippen LogP contribution in [0.2, 0.25) is 0 Å². The first-order valence-electron chi connectivity index (χ1n) is 10.2. The molecule has 0 heterocycles. The Bertz CT molecular complexity index is 609. The molecule has 1 N–H and O–H groups in total. The minimum absolute atomic E-state index is 0.169. The monoisotopic (exact) mass is 408 g/mol. The van der Waals surface area contributed by atoms with E-state index in [1.54, 1.807) is 5.57 Å². The summed E-state index contributed by atoms with van der Waals surface area (Å²) < 4.78 is 0. The molecule has 0 unspecified atom stereocenters. The van der Waals surface area contributed by atoms with Crippen LogP contribution >= 0.6 is 15.9 Å². The molecule has 4 aliphatic carbocycles. The van der Waals surface area contributed by atoms with Gasteiger partial charge in [0.15, 0.2) is 0 Å². The SMILES string of the molecule is C[C@@]1(O)CC[C@]2(C)C3=CC[C@]4(C)[C@@H](C(=O)CBr)CC[C@H]4[C@@H]3CC[C@@H]2C1. The zero-order valence-electron chi connectivity index (χ0n) is 16.0. The summed E-state index contributed by atoms with van der Waals surface area (Å²) in [7, 11) is 0. The van der Waals surface area contributed by atoms with Crippen molar-refractivity contribution in [2.75, 3.05) is 5.33 Å². The van der Waals surface area contributed by atoms with Crippen molar-refractivity contribution in [3.05, 3.63) is 11.6 Å². The minimum Gasteiger partial charge on any atom is -0.390 e. The van der Waals surface area contributed by atoms with Crippen molar-refractivity contribution in [3.8, 4) is 0 Å².